The Kier molecular flexibility index (Phi) is 5.56. The molecule has 0 N–H and O–H groups in total. The monoisotopic (exact) mass is 330 g/mol. The van der Waals surface area contributed by atoms with Crippen molar-refractivity contribution >= 4 is 23.3 Å². The van der Waals surface area contributed by atoms with E-state index in [9.17, 15) is 4.79 Å². The van der Waals surface area contributed by atoms with Crippen LogP contribution < -0.4 is 4.74 Å². The SMILES string of the molecule is [C-]#[N+]c1c(OCc2ccccc2)nc(C)c(Cl)c1C(=O)OCC. The zero-order valence-corrected chi connectivity index (χ0v) is 13.6. The molecule has 0 saturated heterocycles. The normalized spacial score (nSPS) is 10.0. The summed E-state index contributed by atoms with van der Waals surface area (Å²) in [5, 5.41) is 0.113. The molecule has 5 nitrogen and oxygen atoms in total. The van der Waals surface area contributed by atoms with Crippen LogP contribution in [0.15, 0.2) is 30.3 Å². The zero-order valence-electron chi connectivity index (χ0n) is 12.8. The molecule has 0 unspecified atom stereocenters. The third-order valence-electron chi connectivity index (χ3n) is 3.06. The van der Waals surface area contributed by atoms with E-state index in [-0.39, 0.29) is 35.4 Å². The second-order valence-corrected chi connectivity index (χ2v) is 5.02. The molecule has 0 aliphatic heterocycles. The van der Waals surface area contributed by atoms with E-state index in [1.54, 1.807) is 13.8 Å². The molecule has 1 aromatic carbocycles. The molecule has 1 aromatic heterocycles. The van der Waals surface area contributed by atoms with Gasteiger partial charge in [0.1, 0.15) is 6.61 Å². The molecule has 0 fully saturated rings. The fourth-order valence-corrected chi connectivity index (χ4v) is 2.17. The molecule has 0 amide bonds. The predicted octanol–water partition coefficient (Wildman–Crippen LogP) is 4.35. The minimum Gasteiger partial charge on any atom is -0.481 e. The molecule has 2 rings (SSSR count). The maximum absolute atomic E-state index is 12.1. The van der Waals surface area contributed by atoms with Gasteiger partial charge in [-0.25, -0.2) is 14.6 Å². The largest absolute Gasteiger partial charge is 0.481 e. The van der Waals surface area contributed by atoms with Gasteiger partial charge in [-0.15, -0.1) is 0 Å². The zero-order chi connectivity index (χ0) is 16.8. The molecule has 1 heterocycles. The molecule has 0 aliphatic rings. The number of halogens is 1. The first kappa shape index (κ1) is 16.8. The maximum atomic E-state index is 12.1. The Morgan fingerprint density at radius 1 is 1.35 bits per heavy atom. The van der Waals surface area contributed by atoms with Gasteiger partial charge >= 0.3 is 5.97 Å². The number of rotatable bonds is 5. The third kappa shape index (κ3) is 3.79. The summed E-state index contributed by atoms with van der Waals surface area (Å²) in [5.74, 6) is -0.577. The summed E-state index contributed by atoms with van der Waals surface area (Å²) in [6.07, 6.45) is 0. The van der Waals surface area contributed by atoms with Crippen LogP contribution in [-0.4, -0.2) is 17.6 Å². The van der Waals surface area contributed by atoms with Crippen molar-refractivity contribution in [3.8, 4) is 5.88 Å². The number of carbonyl (C=O) groups is 1. The lowest BCUT2D eigenvalue weighted by atomic mass is 10.2. The van der Waals surface area contributed by atoms with E-state index in [1.165, 1.54) is 0 Å². The summed E-state index contributed by atoms with van der Waals surface area (Å²) in [4.78, 5) is 19.6. The number of hydrogen-bond acceptors (Lipinski definition) is 4. The minimum absolute atomic E-state index is 0.000853. The number of esters is 1. The first-order valence-corrected chi connectivity index (χ1v) is 7.37. The summed E-state index contributed by atoms with van der Waals surface area (Å²) in [6.45, 7) is 11.1. The standard InChI is InChI=1S/C17H15ClN2O3/c1-4-22-17(21)13-14(18)11(2)20-16(15(13)19-3)23-10-12-8-6-5-7-9-12/h5-9H,4,10H2,1-2H3. The van der Waals surface area contributed by atoms with Gasteiger partial charge in [0.05, 0.1) is 29.5 Å². The molecule has 6 heteroatoms. The molecule has 0 bridgehead atoms. The van der Waals surface area contributed by atoms with Crippen LogP contribution in [-0.2, 0) is 11.3 Å². The second kappa shape index (κ2) is 7.61. The number of ether oxygens (including phenoxy) is 2. The quantitative estimate of drug-likeness (QED) is 0.604. The Labute approximate surface area is 139 Å². The molecule has 0 radical (unpaired) electrons. The highest BCUT2D eigenvalue weighted by Crippen LogP contribution is 2.37. The number of nitrogens with zero attached hydrogens (tertiary/aromatic N) is 2. The lowest BCUT2D eigenvalue weighted by Crippen LogP contribution is -2.09. The van der Waals surface area contributed by atoms with Crippen molar-refractivity contribution < 1.29 is 14.3 Å². The van der Waals surface area contributed by atoms with Gasteiger partial charge in [-0.05, 0) is 19.4 Å². The van der Waals surface area contributed by atoms with E-state index in [2.05, 4.69) is 9.83 Å². The van der Waals surface area contributed by atoms with E-state index in [0.717, 1.165) is 5.56 Å². The first-order valence-electron chi connectivity index (χ1n) is 6.99. The molecule has 0 atom stereocenters. The van der Waals surface area contributed by atoms with Crippen LogP contribution in [0, 0.1) is 13.5 Å². The maximum Gasteiger partial charge on any atom is 0.329 e. The van der Waals surface area contributed by atoms with Gasteiger partial charge in [0.25, 0.3) is 5.69 Å². The lowest BCUT2D eigenvalue weighted by molar-refractivity contribution is 0.0527. The van der Waals surface area contributed by atoms with E-state index in [4.69, 9.17) is 27.6 Å². The molecule has 2 aromatic rings. The smallest absolute Gasteiger partial charge is 0.329 e. The molecule has 118 valence electrons. The van der Waals surface area contributed by atoms with Gasteiger partial charge in [0.2, 0.25) is 5.88 Å². The van der Waals surface area contributed by atoms with Gasteiger partial charge in [0.15, 0.2) is 0 Å². The average Bonchev–Trinajstić information content (AvgIpc) is 2.56. The average molecular weight is 331 g/mol. The van der Waals surface area contributed by atoms with Crippen molar-refractivity contribution in [1.82, 2.24) is 4.98 Å². The van der Waals surface area contributed by atoms with Crippen molar-refractivity contribution in [2.24, 2.45) is 0 Å². The van der Waals surface area contributed by atoms with Crippen LogP contribution >= 0.6 is 11.6 Å². The number of carbonyl (C=O) groups excluding carboxylic acids is 1. The van der Waals surface area contributed by atoms with E-state index in [1.807, 2.05) is 30.3 Å². The lowest BCUT2D eigenvalue weighted by Gasteiger charge is -2.13. The van der Waals surface area contributed by atoms with Crippen LogP contribution in [0.4, 0.5) is 5.69 Å². The van der Waals surface area contributed by atoms with E-state index < -0.39 is 5.97 Å². The Balaban J connectivity index is 2.40. The summed E-state index contributed by atoms with van der Waals surface area (Å²) in [7, 11) is 0. The van der Waals surface area contributed by atoms with E-state index >= 15 is 0 Å². The van der Waals surface area contributed by atoms with E-state index in [0.29, 0.717) is 5.69 Å². The van der Waals surface area contributed by atoms with Crippen LogP contribution in [0.2, 0.25) is 5.02 Å². The number of benzene rings is 1. The highest BCUT2D eigenvalue weighted by molar-refractivity contribution is 6.35. The summed E-state index contributed by atoms with van der Waals surface area (Å²) in [5.41, 5.74) is 1.30. The number of pyridine rings is 1. The number of aryl methyl sites for hydroxylation is 1. The number of hydrogen-bond donors (Lipinski definition) is 0. The first-order chi connectivity index (χ1) is 11.1. The Morgan fingerprint density at radius 3 is 2.65 bits per heavy atom. The summed E-state index contributed by atoms with van der Waals surface area (Å²) < 4.78 is 10.6. The molecule has 23 heavy (non-hydrogen) atoms. The van der Waals surface area contributed by atoms with Crippen LogP contribution in [0.5, 0.6) is 5.88 Å². The van der Waals surface area contributed by atoms with Gasteiger partial charge < -0.3 is 9.47 Å². The predicted molar refractivity (Wildman–Crippen MR) is 87.0 cm³/mol. The van der Waals surface area contributed by atoms with Crippen molar-refractivity contribution in [2.45, 2.75) is 20.5 Å². The van der Waals surface area contributed by atoms with Gasteiger partial charge in [-0.1, -0.05) is 41.9 Å². The Morgan fingerprint density at radius 2 is 2.04 bits per heavy atom. The minimum atomic E-state index is -0.654. The Bertz CT molecular complexity index is 755. The van der Waals surface area contributed by atoms with Crippen molar-refractivity contribution in [1.29, 1.82) is 0 Å². The van der Waals surface area contributed by atoms with Crippen LogP contribution in [0.3, 0.4) is 0 Å². The van der Waals surface area contributed by atoms with Crippen molar-refractivity contribution in [3.63, 3.8) is 0 Å². The molecular formula is C17H15ClN2O3. The molecule has 0 spiro atoms. The second-order valence-electron chi connectivity index (χ2n) is 4.65. The molecule has 0 saturated carbocycles. The van der Waals surface area contributed by atoms with Gasteiger partial charge in [-0.2, -0.15) is 0 Å². The fraction of sp³-hybridized carbons (Fsp3) is 0.235. The van der Waals surface area contributed by atoms with Crippen LogP contribution in [0.1, 0.15) is 28.5 Å². The number of aromatic nitrogens is 1. The van der Waals surface area contributed by atoms with Crippen LogP contribution in [0.25, 0.3) is 4.85 Å². The summed E-state index contributed by atoms with van der Waals surface area (Å²) in [6, 6.07) is 9.47. The highest BCUT2D eigenvalue weighted by Gasteiger charge is 2.24. The van der Waals surface area contributed by atoms with Crippen molar-refractivity contribution in [2.75, 3.05) is 6.61 Å². The highest BCUT2D eigenvalue weighted by atomic mass is 35.5. The van der Waals surface area contributed by atoms with Crippen molar-refractivity contribution in [3.05, 3.63) is 63.6 Å². The Hall–Kier alpha value is -2.58. The molecular weight excluding hydrogens is 316 g/mol. The molecule has 0 aliphatic carbocycles. The fourth-order valence-electron chi connectivity index (χ4n) is 1.97. The van der Waals surface area contributed by atoms with Gasteiger partial charge in [0, 0.05) is 0 Å². The topological polar surface area (TPSA) is 52.8 Å². The third-order valence-corrected chi connectivity index (χ3v) is 3.52. The van der Waals surface area contributed by atoms with Gasteiger partial charge in [-0.3, -0.25) is 0 Å². The summed E-state index contributed by atoms with van der Waals surface area (Å²) >= 11 is 6.13.